The van der Waals surface area contributed by atoms with Crippen molar-refractivity contribution in [2.45, 2.75) is 43.6 Å². The Morgan fingerprint density at radius 3 is 2.87 bits per heavy atom. The summed E-state index contributed by atoms with van der Waals surface area (Å²) in [5.74, 6) is -1.72. The number of pyridine rings is 1. The lowest BCUT2D eigenvalue weighted by atomic mass is 9.88. The van der Waals surface area contributed by atoms with Crippen molar-refractivity contribution in [2.24, 2.45) is 0 Å². The van der Waals surface area contributed by atoms with Crippen LogP contribution in [0.1, 0.15) is 47.8 Å². The van der Waals surface area contributed by atoms with E-state index in [4.69, 9.17) is 0 Å². The lowest BCUT2D eigenvalue weighted by Crippen LogP contribution is -2.50. The van der Waals surface area contributed by atoms with E-state index in [2.05, 4.69) is 25.4 Å². The number of H-pyrrole nitrogens is 1. The number of rotatable bonds is 4. The van der Waals surface area contributed by atoms with Gasteiger partial charge < -0.3 is 10.3 Å². The van der Waals surface area contributed by atoms with Gasteiger partial charge in [0.1, 0.15) is 11.5 Å². The third kappa shape index (κ3) is 2.84. The molecular weight excluding hydrogens is 390 g/mol. The Morgan fingerprint density at radius 2 is 2.10 bits per heavy atom. The molecule has 4 aromatic rings. The molecule has 2 aliphatic carbocycles. The zero-order valence-corrected chi connectivity index (χ0v) is 15.9. The molecule has 7 nitrogen and oxygen atoms in total. The minimum Gasteiger partial charge on any atom is -0.349 e. The Labute approximate surface area is 169 Å². The van der Waals surface area contributed by atoms with Crippen LogP contribution in [-0.4, -0.2) is 42.4 Å². The first-order chi connectivity index (χ1) is 14.5. The largest absolute Gasteiger partial charge is 0.349 e. The molecule has 4 heterocycles. The SMILES string of the molecule is O=C(NC1CC(F)(F)C1)c1cnn2ccc(-c3c[nH]c4nc(C5CC5)ncc34)cc12. The second-order valence-electron chi connectivity index (χ2n) is 8.21. The van der Waals surface area contributed by atoms with Crippen LogP contribution in [0.25, 0.3) is 27.7 Å². The van der Waals surface area contributed by atoms with Gasteiger partial charge in [-0.25, -0.2) is 23.3 Å². The van der Waals surface area contributed by atoms with Crippen molar-refractivity contribution in [1.29, 1.82) is 0 Å². The molecule has 0 atom stereocenters. The molecule has 2 saturated carbocycles. The molecule has 0 saturated heterocycles. The highest BCUT2D eigenvalue weighted by Crippen LogP contribution is 2.39. The second-order valence-corrected chi connectivity index (χ2v) is 8.21. The van der Waals surface area contributed by atoms with Crippen LogP contribution in [0.3, 0.4) is 0 Å². The summed E-state index contributed by atoms with van der Waals surface area (Å²) in [7, 11) is 0. The van der Waals surface area contributed by atoms with Gasteiger partial charge in [0.15, 0.2) is 0 Å². The van der Waals surface area contributed by atoms with E-state index < -0.39 is 12.0 Å². The topological polar surface area (TPSA) is 88.0 Å². The van der Waals surface area contributed by atoms with Crippen LogP contribution >= 0.6 is 0 Å². The highest BCUT2D eigenvalue weighted by Gasteiger charge is 2.46. The molecule has 9 heteroatoms. The second kappa shape index (κ2) is 6.07. The maximum Gasteiger partial charge on any atom is 0.255 e. The molecule has 0 bridgehead atoms. The van der Waals surface area contributed by atoms with Crippen LogP contribution in [0.4, 0.5) is 8.78 Å². The summed E-state index contributed by atoms with van der Waals surface area (Å²) < 4.78 is 27.7. The maximum atomic E-state index is 13.1. The molecule has 0 radical (unpaired) electrons. The molecule has 2 N–H and O–H groups in total. The average molecular weight is 408 g/mol. The molecule has 6 rings (SSSR count). The minimum absolute atomic E-state index is 0.318. The van der Waals surface area contributed by atoms with Crippen LogP contribution in [0.5, 0.6) is 0 Å². The fraction of sp³-hybridized carbons (Fsp3) is 0.333. The fourth-order valence-corrected chi connectivity index (χ4v) is 4.05. The van der Waals surface area contributed by atoms with Gasteiger partial charge in [-0.05, 0) is 30.5 Å². The number of amides is 1. The summed E-state index contributed by atoms with van der Waals surface area (Å²) in [4.78, 5) is 25.0. The van der Waals surface area contributed by atoms with Gasteiger partial charge in [-0.15, -0.1) is 0 Å². The van der Waals surface area contributed by atoms with Gasteiger partial charge in [-0.2, -0.15) is 5.10 Å². The van der Waals surface area contributed by atoms with E-state index in [1.54, 1.807) is 10.7 Å². The highest BCUT2D eigenvalue weighted by molar-refractivity contribution is 6.02. The number of halogens is 2. The smallest absolute Gasteiger partial charge is 0.255 e. The molecule has 1 amide bonds. The number of nitrogens with one attached hydrogen (secondary N) is 2. The maximum absolute atomic E-state index is 13.1. The van der Waals surface area contributed by atoms with Crippen molar-refractivity contribution < 1.29 is 13.6 Å². The molecular formula is C21H18F2N6O. The predicted octanol–water partition coefficient (Wildman–Crippen LogP) is 3.68. The summed E-state index contributed by atoms with van der Waals surface area (Å²) >= 11 is 0. The van der Waals surface area contributed by atoms with Crippen molar-refractivity contribution in [3.8, 4) is 11.1 Å². The lowest BCUT2D eigenvalue weighted by Gasteiger charge is -2.35. The molecule has 152 valence electrons. The normalized spacial score (nSPS) is 18.6. The van der Waals surface area contributed by atoms with Gasteiger partial charge in [-0.3, -0.25) is 4.79 Å². The summed E-state index contributed by atoms with van der Waals surface area (Å²) in [5.41, 5.74) is 3.58. The van der Waals surface area contributed by atoms with Crippen LogP contribution in [0.2, 0.25) is 0 Å². The zero-order chi connectivity index (χ0) is 20.5. The first-order valence-electron chi connectivity index (χ1n) is 9.97. The number of fused-ring (bicyclic) bond motifs is 2. The lowest BCUT2D eigenvalue weighted by molar-refractivity contribution is -0.0901. The molecule has 30 heavy (non-hydrogen) atoms. The first kappa shape index (κ1) is 17.5. The third-order valence-electron chi connectivity index (χ3n) is 5.90. The van der Waals surface area contributed by atoms with Gasteiger partial charge >= 0.3 is 0 Å². The van der Waals surface area contributed by atoms with Crippen molar-refractivity contribution in [3.63, 3.8) is 0 Å². The summed E-state index contributed by atoms with van der Waals surface area (Å²) in [6, 6.07) is 3.28. The van der Waals surface area contributed by atoms with Crippen LogP contribution in [0, 0.1) is 0 Å². The van der Waals surface area contributed by atoms with Crippen molar-refractivity contribution >= 4 is 22.5 Å². The number of hydrogen-bond donors (Lipinski definition) is 2. The standard InChI is InChI=1S/C21H18F2N6O/c22-21(23)6-13(7-21)27-20(30)16-10-26-29-4-3-12(5-17(16)29)14-8-25-19-15(14)9-24-18(28-19)11-1-2-11/h3-5,8-11,13H,1-2,6-7H2,(H,27,30)(H,24,25,28). The number of alkyl halides is 2. The quantitative estimate of drug-likeness (QED) is 0.539. The van der Waals surface area contributed by atoms with Crippen molar-refractivity contribution in [1.82, 2.24) is 29.9 Å². The fourth-order valence-electron chi connectivity index (χ4n) is 4.05. The summed E-state index contributed by atoms with van der Waals surface area (Å²) in [5, 5.41) is 7.80. The molecule has 4 aromatic heterocycles. The number of aromatic amines is 1. The minimum atomic E-state index is -2.68. The van der Waals surface area contributed by atoms with Gasteiger partial charge in [0.2, 0.25) is 0 Å². The Bertz CT molecular complexity index is 1300. The third-order valence-corrected chi connectivity index (χ3v) is 5.90. The zero-order valence-electron chi connectivity index (χ0n) is 15.9. The van der Waals surface area contributed by atoms with E-state index in [0.717, 1.165) is 40.8 Å². The average Bonchev–Trinajstić information content (AvgIpc) is 3.33. The van der Waals surface area contributed by atoms with E-state index >= 15 is 0 Å². The van der Waals surface area contributed by atoms with Crippen LogP contribution in [-0.2, 0) is 0 Å². The van der Waals surface area contributed by atoms with E-state index in [-0.39, 0.29) is 18.7 Å². The Hall–Kier alpha value is -3.36. The monoisotopic (exact) mass is 408 g/mol. The number of nitrogens with zero attached hydrogens (tertiary/aromatic N) is 4. The number of carbonyl (C=O) groups is 1. The Balaban J connectivity index is 1.34. The predicted molar refractivity (Wildman–Crippen MR) is 105 cm³/mol. The number of hydrogen-bond acceptors (Lipinski definition) is 4. The highest BCUT2D eigenvalue weighted by atomic mass is 19.3. The van der Waals surface area contributed by atoms with Crippen molar-refractivity contribution in [2.75, 3.05) is 0 Å². The molecule has 0 aliphatic heterocycles. The molecule has 0 aromatic carbocycles. The Kier molecular flexibility index (Phi) is 3.54. The Morgan fingerprint density at radius 1 is 1.27 bits per heavy atom. The number of carbonyl (C=O) groups excluding carboxylic acids is 1. The summed E-state index contributed by atoms with van der Waals surface area (Å²) in [6.07, 6.45) is 8.60. The van der Waals surface area contributed by atoms with Gasteiger partial charge in [0, 0.05) is 54.3 Å². The van der Waals surface area contributed by atoms with Gasteiger partial charge in [0.05, 0.1) is 17.3 Å². The van der Waals surface area contributed by atoms with E-state index in [1.165, 1.54) is 6.20 Å². The van der Waals surface area contributed by atoms with Gasteiger partial charge in [-0.1, -0.05) is 0 Å². The van der Waals surface area contributed by atoms with E-state index in [1.807, 2.05) is 24.5 Å². The molecule has 0 unspecified atom stereocenters. The first-order valence-corrected chi connectivity index (χ1v) is 9.97. The molecule has 2 aliphatic rings. The van der Waals surface area contributed by atoms with Crippen molar-refractivity contribution in [3.05, 3.63) is 48.3 Å². The van der Waals surface area contributed by atoms with Gasteiger partial charge in [0.25, 0.3) is 11.8 Å². The molecule has 2 fully saturated rings. The van der Waals surface area contributed by atoms with E-state index in [0.29, 0.717) is 17.0 Å². The van der Waals surface area contributed by atoms with E-state index in [9.17, 15) is 13.6 Å². The number of aromatic nitrogens is 5. The molecule has 0 spiro atoms. The van der Waals surface area contributed by atoms with Crippen LogP contribution in [0.15, 0.2) is 36.9 Å². The van der Waals surface area contributed by atoms with Crippen LogP contribution < -0.4 is 5.32 Å². The summed E-state index contributed by atoms with van der Waals surface area (Å²) in [6.45, 7) is 0.